The molecule has 0 fully saturated rings. The standard InChI is InChI=1S/2C7H5NO4.Fe.Na.H/c2*9-6(10)4-2-1-3-5(8-4)7(11)12;;;/h2*1-3H,(H,9,10)(H,11,12);;;/q;;;+1;-1. The monoisotopic (exact) mass is 414 g/mol. The number of carbonyl (C=O) groups is 4. The Morgan fingerprint density at radius 2 is 0.808 bits per heavy atom. The van der Waals surface area contributed by atoms with Crippen molar-refractivity contribution < 1.29 is 87.7 Å². The molecule has 0 spiro atoms. The molecule has 2 rings (SSSR count). The normalized spacial score (nSPS) is 8.62. The number of hydrogen-bond donors (Lipinski definition) is 4. The molecule has 0 unspecified atom stereocenters. The average molecular weight is 414 g/mol. The van der Waals surface area contributed by atoms with Gasteiger partial charge in [0, 0.05) is 17.1 Å². The van der Waals surface area contributed by atoms with Crippen LogP contribution in [0.4, 0.5) is 0 Å². The van der Waals surface area contributed by atoms with Crippen molar-refractivity contribution in [1.82, 2.24) is 9.97 Å². The molecule has 2 aromatic heterocycles. The third-order valence-corrected chi connectivity index (χ3v) is 2.37. The van der Waals surface area contributed by atoms with Gasteiger partial charge in [-0.3, -0.25) is 0 Å². The third-order valence-electron chi connectivity index (χ3n) is 2.37. The molecule has 134 valence electrons. The minimum Gasteiger partial charge on any atom is -1.00 e. The van der Waals surface area contributed by atoms with E-state index in [1.165, 1.54) is 36.4 Å². The molecule has 4 N–H and O–H groups in total. The quantitative estimate of drug-likeness (QED) is 0.413. The van der Waals surface area contributed by atoms with E-state index >= 15 is 0 Å². The molecule has 0 aromatic carbocycles. The summed E-state index contributed by atoms with van der Waals surface area (Å²) in [7, 11) is 0. The molecule has 10 nitrogen and oxygen atoms in total. The molecular weight excluding hydrogens is 403 g/mol. The van der Waals surface area contributed by atoms with Gasteiger partial charge in [0.2, 0.25) is 0 Å². The number of carboxylic acids is 4. The molecule has 0 saturated carbocycles. The van der Waals surface area contributed by atoms with Crippen molar-refractivity contribution in [3.63, 3.8) is 0 Å². The Morgan fingerprint density at radius 1 is 0.615 bits per heavy atom. The number of nitrogens with zero attached hydrogens (tertiary/aromatic N) is 2. The van der Waals surface area contributed by atoms with Gasteiger partial charge >= 0.3 is 53.4 Å². The van der Waals surface area contributed by atoms with Crippen molar-refractivity contribution in [3.05, 3.63) is 59.2 Å². The fourth-order valence-electron chi connectivity index (χ4n) is 1.35. The van der Waals surface area contributed by atoms with Gasteiger partial charge in [-0.15, -0.1) is 0 Å². The molecule has 0 saturated heterocycles. The molecule has 0 aliphatic rings. The van der Waals surface area contributed by atoms with Crippen LogP contribution in [0.5, 0.6) is 0 Å². The van der Waals surface area contributed by atoms with Gasteiger partial charge in [0.05, 0.1) is 0 Å². The molecule has 0 radical (unpaired) electrons. The zero-order valence-electron chi connectivity index (χ0n) is 14.1. The number of carboxylic acid groups (broad SMARTS) is 4. The summed E-state index contributed by atoms with van der Waals surface area (Å²) in [5.74, 6) is -4.95. The van der Waals surface area contributed by atoms with Gasteiger partial charge in [0.1, 0.15) is 22.8 Å². The minimum atomic E-state index is -1.24. The summed E-state index contributed by atoms with van der Waals surface area (Å²) >= 11 is 0. The summed E-state index contributed by atoms with van der Waals surface area (Å²) in [5, 5.41) is 33.7. The van der Waals surface area contributed by atoms with E-state index in [0.717, 1.165) is 0 Å². The van der Waals surface area contributed by atoms with Crippen LogP contribution >= 0.6 is 0 Å². The van der Waals surface area contributed by atoms with Crippen LogP contribution in [-0.4, -0.2) is 54.3 Å². The van der Waals surface area contributed by atoms with Crippen LogP contribution in [0.25, 0.3) is 0 Å². The van der Waals surface area contributed by atoms with Crippen molar-refractivity contribution in [2.45, 2.75) is 0 Å². The van der Waals surface area contributed by atoms with E-state index in [0.29, 0.717) is 0 Å². The van der Waals surface area contributed by atoms with Crippen LogP contribution in [0.1, 0.15) is 43.4 Å². The first-order valence-electron chi connectivity index (χ1n) is 6.09. The van der Waals surface area contributed by atoms with Gasteiger partial charge in [-0.05, 0) is 24.3 Å². The zero-order chi connectivity index (χ0) is 18.3. The largest absolute Gasteiger partial charge is 1.00 e. The van der Waals surface area contributed by atoms with Crippen LogP contribution in [0.15, 0.2) is 36.4 Å². The molecule has 0 aliphatic heterocycles. The van der Waals surface area contributed by atoms with E-state index < -0.39 is 23.9 Å². The number of aromatic carboxylic acids is 4. The average Bonchev–Trinajstić information content (AvgIpc) is 2.55. The molecular formula is C14H11FeN2NaO8. The van der Waals surface area contributed by atoms with Crippen LogP contribution in [0.3, 0.4) is 0 Å². The summed E-state index contributed by atoms with van der Waals surface area (Å²) in [5.41, 5.74) is -1.07. The summed E-state index contributed by atoms with van der Waals surface area (Å²) in [6, 6.07) is 7.59. The SMILES string of the molecule is O=C(O)c1cccc(C(=O)O)n1.O=C(O)c1cccc(C(=O)O)n1.[Fe].[H-].[Na+]. The molecule has 0 bridgehead atoms. The second-order valence-electron chi connectivity index (χ2n) is 4.04. The van der Waals surface area contributed by atoms with E-state index in [2.05, 4.69) is 9.97 Å². The van der Waals surface area contributed by atoms with Gasteiger partial charge in [-0.2, -0.15) is 0 Å². The maximum Gasteiger partial charge on any atom is 1.00 e. The van der Waals surface area contributed by atoms with E-state index in [1.54, 1.807) is 0 Å². The van der Waals surface area contributed by atoms with Crippen LogP contribution in [0.2, 0.25) is 0 Å². The number of rotatable bonds is 4. The maximum atomic E-state index is 10.3. The molecule has 0 atom stereocenters. The fraction of sp³-hybridized carbons (Fsp3) is 0. The van der Waals surface area contributed by atoms with E-state index in [9.17, 15) is 19.2 Å². The smallest absolute Gasteiger partial charge is 1.00 e. The number of pyridine rings is 2. The molecule has 2 aromatic rings. The van der Waals surface area contributed by atoms with Gasteiger partial charge in [-0.25, -0.2) is 29.1 Å². The summed E-state index contributed by atoms with van der Waals surface area (Å²) in [6.45, 7) is 0. The first kappa shape index (κ1) is 25.9. The van der Waals surface area contributed by atoms with Crippen molar-refractivity contribution >= 4 is 23.9 Å². The maximum absolute atomic E-state index is 10.3. The summed E-state index contributed by atoms with van der Waals surface area (Å²) in [6.07, 6.45) is 0. The van der Waals surface area contributed by atoms with E-state index in [1.807, 2.05) is 0 Å². The Kier molecular flexibility index (Phi) is 12.1. The predicted octanol–water partition coefficient (Wildman–Crippen LogP) is -1.93. The number of aromatic nitrogens is 2. The molecule has 0 amide bonds. The van der Waals surface area contributed by atoms with Crippen molar-refractivity contribution in [3.8, 4) is 0 Å². The first-order valence-corrected chi connectivity index (χ1v) is 6.09. The predicted molar refractivity (Wildman–Crippen MR) is 77.4 cm³/mol. The Bertz CT molecular complexity index is 695. The third kappa shape index (κ3) is 8.19. The molecule has 26 heavy (non-hydrogen) atoms. The Balaban J connectivity index is -0.000000384. The van der Waals surface area contributed by atoms with E-state index in [4.69, 9.17) is 20.4 Å². The Morgan fingerprint density at radius 3 is 0.962 bits per heavy atom. The van der Waals surface area contributed by atoms with Crippen molar-refractivity contribution in [2.24, 2.45) is 0 Å². The summed E-state index contributed by atoms with van der Waals surface area (Å²) < 4.78 is 0. The Hall–Kier alpha value is -2.30. The topological polar surface area (TPSA) is 175 Å². The van der Waals surface area contributed by atoms with Gasteiger partial charge < -0.3 is 21.9 Å². The second-order valence-corrected chi connectivity index (χ2v) is 4.04. The van der Waals surface area contributed by atoms with Gasteiger partial charge in [0.15, 0.2) is 0 Å². The Labute approximate surface area is 180 Å². The van der Waals surface area contributed by atoms with Crippen LogP contribution in [-0.2, 0) is 17.1 Å². The fourth-order valence-corrected chi connectivity index (χ4v) is 1.35. The second kappa shape index (κ2) is 12.1. The van der Waals surface area contributed by atoms with Gasteiger partial charge in [-0.1, -0.05) is 12.1 Å². The number of hydrogen-bond acceptors (Lipinski definition) is 6. The minimum absolute atomic E-state index is 0. The van der Waals surface area contributed by atoms with E-state index in [-0.39, 0.29) is 70.8 Å². The van der Waals surface area contributed by atoms with Crippen molar-refractivity contribution in [2.75, 3.05) is 0 Å². The zero-order valence-corrected chi connectivity index (χ0v) is 16.2. The molecule has 2 heterocycles. The molecule has 12 heteroatoms. The van der Waals surface area contributed by atoms with Crippen LogP contribution < -0.4 is 29.6 Å². The molecule has 0 aliphatic carbocycles. The van der Waals surface area contributed by atoms with Gasteiger partial charge in [0.25, 0.3) is 0 Å². The van der Waals surface area contributed by atoms with Crippen molar-refractivity contribution in [1.29, 1.82) is 0 Å². The van der Waals surface area contributed by atoms with Crippen LogP contribution in [0, 0.1) is 0 Å². The first-order chi connectivity index (χ1) is 11.2. The summed E-state index contributed by atoms with van der Waals surface area (Å²) in [4.78, 5) is 48.0.